The van der Waals surface area contributed by atoms with Crippen LogP contribution in [0.25, 0.3) is 0 Å². The molecule has 3 aliphatic rings. The highest BCUT2D eigenvalue weighted by atomic mass is 35.5. The Morgan fingerprint density at radius 1 is 1.21 bits per heavy atom. The molecule has 0 N–H and O–H groups in total. The van der Waals surface area contributed by atoms with Crippen LogP contribution in [-0.4, -0.2) is 70.2 Å². The average Bonchev–Trinajstić information content (AvgIpc) is 2.95. The van der Waals surface area contributed by atoms with Gasteiger partial charge >= 0.3 is 6.09 Å². The molecule has 1 amide bonds. The van der Waals surface area contributed by atoms with Crippen molar-refractivity contribution in [3.05, 3.63) is 52.9 Å². The van der Waals surface area contributed by atoms with Crippen molar-refractivity contribution >= 4 is 23.5 Å². The van der Waals surface area contributed by atoms with Crippen molar-refractivity contribution in [2.24, 2.45) is 0 Å². The third kappa shape index (κ3) is 2.99. The Bertz CT molecular complexity index is 900. The average molecular weight is 400 g/mol. The summed E-state index contributed by atoms with van der Waals surface area (Å²) in [6.45, 7) is 6.43. The number of piperazine rings is 1. The fourth-order valence-electron chi connectivity index (χ4n) is 4.46. The van der Waals surface area contributed by atoms with Gasteiger partial charge in [-0.3, -0.25) is 9.80 Å². The summed E-state index contributed by atoms with van der Waals surface area (Å²) in [5.74, 6) is 1.64. The number of amides is 1. The lowest BCUT2D eigenvalue weighted by Crippen LogP contribution is -2.71. The van der Waals surface area contributed by atoms with Gasteiger partial charge in [-0.2, -0.15) is 0 Å². The molecule has 0 aliphatic carbocycles. The van der Waals surface area contributed by atoms with E-state index in [1.807, 2.05) is 30.0 Å². The van der Waals surface area contributed by atoms with Crippen LogP contribution in [0.15, 0.2) is 36.5 Å². The molecule has 3 saturated heterocycles. The molecule has 28 heavy (non-hydrogen) atoms. The van der Waals surface area contributed by atoms with Crippen LogP contribution in [0.1, 0.15) is 11.4 Å². The van der Waals surface area contributed by atoms with Gasteiger partial charge in [-0.25, -0.2) is 14.8 Å². The highest BCUT2D eigenvalue weighted by molar-refractivity contribution is 6.30. The summed E-state index contributed by atoms with van der Waals surface area (Å²) in [4.78, 5) is 27.5. The summed E-state index contributed by atoms with van der Waals surface area (Å²) in [6.07, 6.45) is 1.58. The third-order valence-corrected chi connectivity index (χ3v) is 6.17. The lowest BCUT2D eigenvalue weighted by molar-refractivity contribution is -0.00996. The number of aryl methyl sites for hydroxylation is 1. The first-order chi connectivity index (χ1) is 13.5. The summed E-state index contributed by atoms with van der Waals surface area (Å²) >= 11 is 5.99. The second-order valence-electron chi connectivity index (χ2n) is 7.82. The number of nitrogens with zero attached hydrogens (tertiary/aromatic N) is 5. The van der Waals surface area contributed by atoms with Crippen LogP contribution in [0.3, 0.4) is 0 Å². The van der Waals surface area contributed by atoms with E-state index in [4.69, 9.17) is 16.3 Å². The molecule has 2 aromatic rings. The van der Waals surface area contributed by atoms with Crippen LogP contribution < -0.4 is 4.90 Å². The van der Waals surface area contributed by atoms with Gasteiger partial charge in [0.2, 0.25) is 0 Å². The van der Waals surface area contributed by atoms with E-state index in [0.717, 1.165) is 36.3 Å². The van der Waals surface area contributed by atoms with Crippen LogP contribution in [-0.2, 0) is 11.3 Å². The van der Waals surface area contributed by atoms with Gasteiger partial charge in [-0.1, -0.05) is 23.7 Å². The number of halogens is 1. The van der Waals surface area contributed by atoms with Crippen molar-refractivity contribution in [3.63, 3.8) is 0 Å². The van der Waals surface area contributed by atoms with E-state index in [1.165, 1.54) is 5.56 Å². The monoisotopic (exact) mass is 399 g/mol. The predicted octanol–water partition coefficient (Wildman–Crippen LogP) is 2.33. The number of anilines is 1. The second-order valence-corrected chi connectivity index (χ2v) is 8.26. The van der Waals surface area contributed by atoms with E-state index in [0.29, 0.717) is 19.6 Å². The Morgan fingerprint density at radius 3 is 2.75 bits per heavy atom. The largest absolute Gasteiger partial charge is 0.437 e. The molecule has 3 aliphatic heterocycles. The van der Waals surface area contributed by atoms with E-state index >= 15 is 0 Å². The van der Waals surface area contributed by atoms with Crippen LogP contribution >= 0.6 is 11.6 Å². The van der Waals surface area contributed by atoms with Crippen LogP contribution in [0, 0.1) is 6.92 Å². The predicted molar refractivity (Wildman–Crippen MR) is 105 cm³/mol. The number of carbonyl (C=O) groups excluding carboxylic acids is 1. The van der Waals surface area contributed by atoms with Crippen molar-refractivity contribution in [2.75, 3.05) is 37.6 Å². The highest BCUT2D eigenvalue weighted by Crippen LogP contribution is 2.41. The maximum Gasteiger partial charge on any atom is 0.411 e. The minimum atomic E-state index is -0.450. The van der Waals surface area contributed by atoms with Crippen molar-refractivity contribution < 1.29 is 9.53 Å². The Hall–Kier alpha value is -2.38. The summed E-state index contributed by atoms with van der Waals surface area (Å²) in [5, 5.41) is 0.747. The summed E-state index contributed by atoms with van der Waals surface area (Å²) in [5.41, 5.74) is 0.776. The van der Waals surface area contributed by atoms with E-state index < -0.39 is 5.60 Å². The molecule has 1 aromatic heterocycles. The number of aromatic nitrogens is 2. The van der Waals surface area contributed by atoms with Gasteiger partial charge in [-0.05, 0) is 30.7 Å². The minimum Gasteiger partial charge on any atom is -0.437 e. The number of ether oxygens (including phenoxy) is 1. The van der Waals surface area contributed by atoms with Crippen LogP contribution in [0.4, 0.5) is 10.6 Å². The van der Waals surface area contributed by atoms with Crippen molar-refractivity contribution in [1.82, 2.24) is 19.8 Å². The Kier molecular flexibility index (Phi) is 4.17. The fourth-order valence-corrected chi connectivity index (χ4v) is 4.58. The molecule has 8 heteroatoms. The normalized spacial score (nSPS) is 23.5. The summed E-state index contributed by atoms with van der Waals surface area (Å²) < 4.78 is 5.89. The van der Waals surface area contributed by atoms with Gasteiger partial charge in [0.05, 0.1) is 19.1 Å². The van der Waals surface area contributed by atoms with Gasteiger partial charge in [0.1, 0.15) is 11.6 Å². The lowest BCUT2D eigenvalue weighted by Gasteiger charge is -2.51. The van der Waals surface area contributed by atoms with Crippen molar-refractivity contribution in [1.29, 1.82) is 0 Å². The molecule has 1 spiro atoms. The van der Waals surface area contributed by atoms with Gasteiger partial charge in [0, 0.05) is 37.4 Å². The first-order valence-corrected chi connectivity index (χ1v) is 9.91. The second kappa shape index (κ2) is 6.60. The number of hydrogen-bond acceptors (Lipinski definition) is 6. The zero-order valence-electron chi connectivity index (χ0n) is 15.7. The van der Waals surface area contributed by atoms with Crippen molar-refractivity contribution in [3.8, 4) is 0 Å². The molecule has 4 heterocycles. The number of carbonyl (C=O) groups is 1. The molecule has 3 fully saturated rings. The third-order valence-electron chi connectivity index (χ3n) is 5.92. The molecule has 1 unspecified atom stereocenters. The molecular formula is C20H22ClN5O2. The first-order valence-electron chi connectivity index (χ1n) is 9.53. The Morgan fingerprint density at radius 2 is 2.00 bits per heavy atom. The number of hydrogen-bond donors (Lipinski definition) is 0. The molecule has 5 rings (SSSR count). The topological polar surface area (TPSA) is 61.8 Å². The maximum atomic E-state index is 12.4. The number of benzene rings is 1. The first kappa shape index (κ1) is 17.7. The Labute approximate surface area is 168 Å². The quantitative estimate of drug-likeness (QED) is 0.789. The van der Waals surface area contributed by atoms with Crippen molar-refractivity contribution in [2.45, 2.75) is 25.1 Å². The number of rotatable bonds is 3. The SMILES string of the molecule is Cc1nccc(N2CC3(C2)OC(=O)N2CCN(Cc4ccc(Cl)cc4)CC23)n1. The molecule has 7 nitrogen and oxygen atoms in total. The zero-order valence-corrected chi connectivity index (χ0v) is 16.5. The zero-order chi connectivity index (χ0) is 19.3. The highest BCUT2D eigenvalue weighted by Gasteiger charge is 2.62. The van der Waals surface area contributed by atoms with Gasteiger partial charge in [0.25, 0.3) is 0 Å². The summed E-state index contributed by atoms with van der Waals surface area (Å²) in [7, 11) is 0. The van der Waals surface area contributed by atoms with E-state index in [2.05, 4.69) is 31.9 Å². The molecular weight excluding hydrogens is 378 g/mol. The van der Waals surface area contributed by atoms with Gasteiger partial charge < -0.3 is 9.64 Å². The Balaban J connectivity index is 1.30. The maximum absolute atomic E-state index is 12.4. The van der Waals surface area contributed by atoms with E-state index in [9.17, 15) is 4.79 Å². The van der Waals surface area contributed by atoms with Crippen LogP contribution in [0.5, 0.6) is 0 Å². The molecule has 1 atom stereocenters. The van der Waals surface area contributed by atoms with E-state index in [1.54, 1.807) is 6.20 Å². The standard InChI is InChI=1S/C20H22ClN5O2/c1-14-22-7-6-18(23-14)25-12-20(13-25)17-11-24(8-9-26(17)19(27)28-20)10-15-2-4-16(21)5-3-15/h2-7,17H,8-13H2,1H3. The van der Waals surface area contributed by atoms with Gasteiger partial charge in [-0.15, -0.1) is 0 Å². The molecule has 0 saturated carbocycles. The molecule has 146 valence electrons. The van der Waals surface area contributed by atoms with E-state index in [-0.39, 0.29) is 12.1 Å². The molecule has 1 aromatic carbocycles. The van der Waals surface area contributed by atoms with Crippen LogP contribution in [0.2, 0.25) is 5.02 Å². The lowest BCUT2D eigenvalue weighted by atomic mass is 9.84. The smallest absolute Gasteiger partial charge is 0.411 e. The van der Waals surface area contributed by atoms with Gasteiger partial charge in [0.15, 0.2) is 5.60 Å². The number of fused-ring (bicyclic) bond motifs is 2. The molecule has 0 bridgehead atoms. The summed E-state index contributed by atoms with van der Waals surface area (Å²) in [6, 6.07) is 9.93. The molecule has 0 radical (unpaired) electrons. The fraction of sp³-hybridized carbons (Fsp3) is 0.450. The minimum absolute atomic E-state index is 0.0697.